The molecule has 0 bridgehead atoms. The van der Waals surface area contributed by atoms with Gasteiger partial charge in [-0.25, -0.2) is 8.42 Å². The first-order valence-corrected chi connectivity index (χ1v) is 9.62. The predicted octanol–water partition coefficient (Wildman–Crippen LogP) is -0.661. The van der Waals surface area contributed by atoms with Crippen molar-refractivity contribution < 1.29 is 32.9 Å². The Morgan fingerprint density at radius 2 is 1.92 bits per heavy atom. The van der Waals surface area contributed by atoms with E-state index >= 15 is 0 Å². The summed E-state index contributed by atoms with van der Waals surface area (Å²) in [6, 6.07) is 4.03. The molecule has 25 heavy (non-hydrogen) atoms. The van der Waals surface area contributed by atoms with Crippen LogP contribution in [0.2, 0.25) is 0 Å². The van der Waals surface area contributed by atoms with Crippen LogP contribution in [0.4, 0.5) is 0 Å². The molecule has 2 N–H and O–H groups in total. The Labute approximate surface area is 146 Å². The summed E-state index contributed by atoms with van der Waals surface area (Å²) in [6.45, 7) is -0.272. The molecule has 1 saturated heterocycles. The Hall–Kier alpha value is -1.68. The van der Waals surface area contributed by atoms with Gasteiger partial charge in [0.05, 0.1) is 51.0 Å². The van der Waals surface area contributed by atoms with Gasteiger partial charge >= 0.3 is 0 Å². The lowest BCUT2D eigenvalue weighted by Gasteiger charge is -2.28. The van der Waals surface area contributed by atoms with E-state index in [1.165, 1.54) is 19.1 Å². The Morgan fingerprint density at radius 3 is 2.44 bits per heavy atom. The van der Waals surface area contributed by atoms with Crippen LogP contribution in [0.25, 0.3) is 0 Å². The number of ether oxygens (including phenoxy) is 2. The molecule has 0 aromatic heterocycles. The van der Waals surface area contributed by atoms with Crippen LogP contribution in [-0.2, 0) is 9.84 Å². The van der Waals surface area contributed by atoms with E-state index in [0.29, 0.717) is 17.1 Å². The highest BCUT2D eigenvalue weighted by Crippen LogP contribution is 2.28. The van der Waals surface area contributed by atoms with Crippen molar-refractivity contribution in [2.75, 3.05) is 45.4 Å². The highest BCUT2D eigenvalue weighted by Gasteiger charge is 2.40. The minimum Gasteiger partial charge on any atom is -0.493 e. The van der Waals surface area contributed by atoms with E-state index in [1.807, 2.05) is 0 Å². The topological polar surface area (TPSA) is 113 Å². The molecule has 1 aromatic carbocycles. The summed E-state index contributed by atoms with van der Waals surface area (Å²) in [4.78, 5) is 14.1. The average molecular weight is 373 g/mol. The smallest absolute Gasteiger partial charge is 0.176 e. The van der Waals surface area contributed by atoms with Crippen molar-refractivity contribution >= 4 is 15.6 Å². The van der Waals surface area contributed by atoms with Crippen LogP contribution in [0.1, 0.15) is 10.4 Å². The summed E-state index contributed by atoms with van der Waals surface area (Å²) in [5, 5.41) is 19.2. The van der Waals surface area contributed by atoms with Gasteiger partial charge in [0, 0.05) is 12.1 Å². The van der Waals surface area contributed by atoms with Crippen LogP contribution >= 0.6 is 0 Å². The van der Waals surface area contributed by atoms with Crippen LogP contribution in [0.5, 0.6) is 11.5 Å². The van der Waals surface area contributed by atoms with E-state index in [9.17, 15) is 23.4 Å². The largest absolute Gasteiger partial charge is 0.493 e. The van der Waals surface area contributed by atoms with Crippen LogP contribution in [0.3, 0.4) is 0 Å². The third kappa shape index (κ3) is 4.69. The van der Waals surface area contributed by atoms with E-state index in [2.05, 4.69) is 0 Å². The van der Waals surface area contributed by atoms with Crippen molar-refractivity contribution in [1.82, 2.24) is 4.90 Å². The maximum absolute atomic E-state index is 12.6. The lowest BCUT2D eigenvalue weighted by atomic mass is 10.1. The minimum absolute atomic E-state index is 0.0935. The van der Waals surface area contributed by atoms with Crippen LogP contribution < -0.4 is 9.47 Å². The number of carbonyl (C=O) groups is 1. The average Bonchev–Trinajstić information content (AvgIpc) is 2.86. The zero-order valence-electron chi connectivity index (χ0n) is 14.2. The standard InChI is InChI=1S/C16H23NO7S/c1-23-15-4-3-11(7-16(15)24-2)13(19)8-17(5-6-18)12-9-25(21,22)10-14(12)20/h3-4,7,12,14,18,20H,5-6,8-10H2,1-2H3/t12-,14+/m1/s1. The predicted molar refractivity (Wildman–Crippen MR) is 91.0 cm³/mol. The Morgan fingerprint density at radius 1 is 1.24 bits per heavy atom. The number of ketones is 1. The van der Waals surface area contributed by atoms with Gasteiger partial charge in [0.15, 0.2) is 27.1 Å². The number of sulfone groups is 1. The van der Waals surface area contributed by atoms with Crippen molar-refractivity contribution in [2.24, 2.45) is 0 Å². The Balaban J connectivity index is 2.18. The summed E-state index contributed by atoms with van der Waals surface area (Å²) >= 11 is 0. The molecule has 0 radical (unpaired) electrons. The number of nitrogens with zero attached hydrogens (tertiary/aromatic N) is 1. The van der Waals surface area contributed by atoms with E-state index in [-0.39, 0.29) is 37.0 Å². The maximum Gasteiger partial charge on any atom is 0.176 e. The van der Waals surface area contributed by atoms with Gasteiger partial charge in [-0.1, -0.05) is 0 Å². The van der Waals surface area contributed by atoms with E-state index in [4.69, 9.17) is 9.47 Å². The highest BCUT2D eigenvalue weighted by atomic mass is 32.2. The SMILES string of the molecule is COc1ccc(C(=O)CN(CCO)[C@@H]2CS(=O)(=O)C[C@@H]2O)cc1OC. The number of Topliss-reactive ketones (excluding diaryl/α,β-unsaturated/α-hetero) is 1. The van der Waals surface area contributed by atoms with Gasteiger partial charge in [-0.2, -0.15) is 0 Å². The van der Waals surface area contributed by atoms with Gasteiger partial charge in [0.25, 0.3) is 0 Å². The quantitative estimate of drug-likeness (QED) is 0.578. The highest BCUT2D eigenvalue weighted by molar-refractivity contribution is 7.91. The normalized spacial score (nSPS) is 22.1. The van der Waals surface area contributed by atoms with Gasteiger partial charge in [-0.05, 0) is 18.2 Å². The van der Waals surface area contributed by atoms with Gasteiger partial charge in [-0.15, -0.1) is 0 Å². The summed E-state index contributed by atoms with van der Waals surface area (Å²) in [5.74, 6) is 0.0670. The molecule has 140 valence electrons. The number of rotatable bonds is 8. The number of carbonyl (C=O) groups excluding carboxylic acids is 1. The first-order chi connectivity index (χ1) is 11.8. The van der Waals surface area contributed by atoms with Gasteiger partial charge in [0.1, 0.15) is 0 Å². The molecule has 0 spiro atoms. The molecule has 2 rings (SSSR count). The molecular formula is C16H23NO7S. The van der Waals surface area contributed by atoms with Crippen molar-refractivity contribution in [3.63, 3.8) is 0 Å². The lowest BCUT2D eigenvalue weighted by Crippen LogP contribution is -2.46. The molecule has 0 unspecified atom stereocenters. The van der Waals surface area contributed by atoms with Crippen molar-refractivity contribution in [1.29, 1.82) is 0 Å². The third-order valence-electron chi connectivity index (χ3n) is 4.20. The fourth-order valence-corrected chi connectivity index (χ4v) is 4.77. The summed E-state index contributed by atoms with van der Waals surface area (Å²) in [7, 11) is -0.397. The first kappa shape index (κ1) is 19.6. The second-order valence-corrected chi connectivity index (χ2v) is 8.05. The monoisotopic (exact) mass is 373 g/mol. The fourth-order valence-electron chi connectivity index (χ4n) is 2.94. The Kier molecular flexibility index (Phi) is 6.39. The number of hydrogen-bond donors (Lipinski definition) is 2. The molecule has 1 heterocycles. The van der Waals surface area contributed by atoms with Gasteiger partial charge in [0.2, 0.25) is 0 Å². The van der Waals surface area contributed by atoms with Crippen LogP contribution in [0, 0.1) is 0 Å². The number of methoxy groups -OCH3 is 2. The van der Waals surface area contributed by atoms with Gasteiger partial charge in [-0.3, -0.25) is 9.69 Å². The summed E-state index contributed by atoms with van der Waals surface area (Å²) in [5.41, 5.74) is 0.371. The zero-order chi connectivity index (χ0) is 18.6. The van der Waals surface area contributed by atoms with Crippen molar-refractivity contribution in [2.45, 2.75) is 12.1 Å². The molecular weight excluding hydrogens is 350 g/mol. The van der Waals surface area contributed by atoms with Crippen LogP contribution in [0.15, 0.2) is 18.2 Å². The molecule has 8 nitrogen and oxygen atoms in total. The fraction of sp³-hybridized carbons (Fsp3) is 0.562. The second kappa shape index (κ2) is 8.13. The maximum atomic E-state index is 12.6. The lowest BCUT2D eigenvalue weighted by molar-refractivity contribution is 0.0620. The zero-order valence-corrected chi connectivity index (χ0v) is 15.0. The number of hydrogen-bond acceptors (Lipinski definition) is 8. The molecule has 1 aliphatic rings. The summed E-state index contributed by atoms with van der Waals surface area (Å²) < 4.78 is 33.7. The number of aliphatic hydroxyl groups excluding tert-OH is 2. The molecule has 0 aliphatic carbocycles. The molecule has 1 fully saturated rings. The first-order valence-electron chi connectivity index (χ1n) is 7.80. The number of benzene rings is 1. The van der Waals surface area contributed by atoms with E-state index in [0.717, 1.165) is 0 Å². The summed E-state index contributed by atoms with van der Waals surface area (Å²) in [6.07, 6.45) is -1.07. The molecule has 1 aromatic rings. The minimum atomic E-state index is -3.35. The Bertz CT molecular complexity index is 719. The van der Waals surface area contributed by atoms with E-state index < -0.39 is 22.0 Å². The van der Waals surface area contributed by atoms with Crippen molar-refractivity contribution in [3.05, 3.63) is 23.8 Å². The van der Waals surface area contributed by atoms with Crippen molar-refractivity contribution in [3.8, 4) is 11.5 Å². The molecule has 0 amide bonds. The molecule has 0 saturated carbocycles. The molecule has 9 heteroatoms. The molecule has 2 atom stereocenters. The van der Waals surface area contributed by atoms with Crippen LogP contribution in [-0.4, -0.2) is 86.9 Å². The number of aliphatic hydroxyl groups is 2. The molecule has 1 aliphatic heterocycles. The second-order valence-electron chi connectivity index (χ2n) is 5.90. The van der Waals surface area contributed by atoms with E-state index in [1.54, 1.807) is 18.2 Å². The van der Waals surface area contributed by atoms with Gasteiger partial charge < -0.3 is 19.7 Å². The third-order valence-corrected chi connectivity index (χ3v) is 5.90.